The van der Waals surface area contributed by atoms with Crippen LogP contribution in [-0.2, 0) is 4.84 Å². The minimum Gasteiger partial charge on any atom is -0.332 e. The lowest BCUT2D eigenvalue weighted by molar-refractivity contribution is -0.552. The standard InChI is InChI=1S/C19H28N3O/c1-17(2,3)15-16-19(12-14(19)21(15)18(4,5)6)23-20-22(16)13-10-8-7-9-11-13/h7-11,14-16H,12H2,1-6H3/q+1. The Hall–Kier alpha value is -1.42. The van der Waals surface area contributed by atoms with Gasteiger partial charge in [0.2, 0.25) is 17.3 Å². The molecule has 4 atom stereocenters. The van der Waals surface area contributed by atoms with Gasteiger partial charge in [-0.25, -0.2) is 0 Å². The van der Waals surface area contributed by atoms with Crippen molar-refractivity contribution in [2.45, 2.75) is 77.2 Å². The van der Waals surface area contributed by atoms with Gasteiger partial charge in [0, 0.05) is 24.1 Å². The first kappa shape index (κ1) is 15.1. The van der Waals surface area contributed by atoms with Gasteiger partial charge in [0.15, 0.2) is 5.28 Å². The van der Waals surface area contributed by atoms with Crippen molar-refractivity contribution >= 4 is 5.69 Å². The number of benzene rings is 1. The number of piperidine rings is 1. The summed E-state index contributed by atoms with van der Waals surface area (Å²) in [5, 5.41) is 4.49. The summed E-state index contributed by atoms with van der Waals surface area (Å²) in [5.41, 5.74) is 1.31. The lowest BCUT2D eigenvalue weighted by Crippen LogP contribution is -2.57. The van der Waals surface area contributed by atoms with Crippen molar-refractivity contribution in [1.82, 2.24) is 4.90 Å². The van der Waals surface area contributed by atoms with Crippen LogP contribution in [0.15, 0.2) is 35.6 Å². The highest BCUT2D eigenvalue weighted by molar-refractivity contribution is 5.34. The topological polar surface area (TPSA) is 27.8 Å². The predicted molar refractivity (Wildman–Crippen MR) is 89.6 cm³/mol. The van der Waals surface area contributed by atoms with Gasteiger partial charge >= 0.3 is 0 Å². The number of hydrogen-bond donors (Lipinski definition) is 0. The molecule has 1 saturated carbocycles. The molecule has 4 heteroatoms. The minimum atomic E-state index is -0.110. The molecular formula is C19H28N3O+. The molecular weight excluding hydrogens is 286 g/mol. The number of nitrogens with zero attached hydrogens (tertiary/aromatic N) is 3. The third kappa shape index (κ3) is 2.00. The third-order valence-corrected chi connectivity index (χ3v) is 5.60. The number of rotatable bonds is 1. The van der Waals surface area contributed by atoms with E-state index in [1.807, 2.05) is 6.07 Å². The van der Waals surface area contributed by atoms with E-state index in [-0.39, 0.29) is 22.6 Å². The van der Waals surface area contributed by atoms with Crippen LogP contribution in [-0.4, -0.2) is 38.9 Å². The lowest BCUT2D eigenvalue weighted by atomic mass is 9.79. The summed E-state index contributed by atoms with van der Waals surface area (Å²) in [7, 11) is 0. The van der Waals surface area contributed by atoms with Crippen molar-refractivity contribution in [3.05, 3.63) is 30.3 Å². The van der Waals surface area contributed by atoms with Gasteiger partial charge in [-0.05, 0) is 30.9 Å². The molecule has 2 aliphatic heterocycles. The van der Waals surface area contributed by atoms with Crippen molar-refractivity contribution < 1.29 is 9.53 Å². The van der Waals surface area contributed by atoms with Gasteiger partial charge in [-0.2, -0.15) is 0 Å². The van der Waals surface area contributed by atoms with Crippen molar-refractivity contribution in [2.75, 3.05) is 0 Å². The van der Waals surface area contributed by atoms with Gasteiger partial charge < -0.3 is 4.84 Å². The van der Waals surface area contributed by atoms with Crippen LogP contribution in [0.1, 0.15) is 48.0 Å². The van der Waals surface area contributed by atoms with Crippen LogP contribution in [0.2, 0.25) is 0 Å². The molecule has 23 heavy (non-hydrogen) atoms. The zero-order valence-corrected chi connectivity index (χ0v) is 15.1. The van der Waals surface area contributed by atoms with E-state index in [1.165, 1.54) is 0 Å². The van der Waals surface area contributed by atoms with Gasteiger partial charge in [-0.15, -0.1) is 0 Å². The second-order valence-electron chi connectivity index (χ2n) is 9.36. The molecule has 2 fully saturated rings. The smallest absolute Gasteiger partial charge is 0.247 e. The van der Waals surface area contributed by atoms with Gasteiger partial charge in [0.05, 0.1) is 12.1 Å². The summed E-state index contributed by atoms with van der Waals surface area (Å²) in [4.78, 5) is 8.76. The van der Waals surface area contributed by atoms with Crippen LogP contribution >= 0.6 is 0 Å². The van der Waals surface area contributed by atoms with E-state index in [1.54, 1.807) is 0 Å². The molecule has 2 heterocycles. The second-order valence-corrected chi connectivity index (χ2v) is 9.36. The summed E-state index contributed by atoms with van der Waals surface area (Å²) in [6, 6.07) is 11.6. The first-order chi connectivity index (χ1) is 10.7. The van der Waals surface area contributed by atoms with Gasteiger partial charge in [-0.3, -0.25) is 4.90 Å². The van der Waals surface area contributed by atoms with Crippen LogP contribution in [0.4, 0.5) is 5.69 Å². The molecule has 0 aromatic heterocycles. The minimum absolute atomic E-state index is 0.110. The third-order valence-electron chi connectivity index (χ3n) is 5.60. The van der Waals surface area contributed by atoms with Gasteiger partial charge in [0.25, 0.3) is 0 Å². The monoisotopic (exact) mass is 314 g/mol. The molecule has 4 unspecified atom stereocenters. The summed E-state index contributed by atoms with van der Waals surface area (Å²) < 4.78 is 2.14. The SMILES string of the molecule is CC(C)(C)C1C2[N+](c3ccccc3)=NOC23CC3N1C(C)(C)C. The lowest BCUT2D eigenvalue weighted by Gasteiger charge is -2.44. The molecule has 4 rings (SSSR count). The van der Waals surface area contributed by atoms with E-state index in [0.29, 0.717) is 12.1 Å². The van der Waals surface area contributed by atoms with Crippen molar-refractivity contribution in [3.8, 4) is 0 Å². The molecule has 0 bridgehead atoms. The first-order valence-corrected chi connectivity index (χ1v) is 8.68. The average molecular weight is 314 g/mol. The predicted octanol–water partition coefficient (Wildman–Crippen LogP) is 4.14. The number of hydrogen-bond acceptors (Lipinski definition) is 3. The fourth-order valence-electron chi connectivity index (χ4n) is 4.74. The number of likely N-dealkylation sites (tertiary alicyclic amines) is 1. The summed E-state index contributed by atoms with van der Waals surface area (Å²) >= 11 is 0. The van der Waals surface area contributed by atoms with Crippen LogP contribution < -0.4 is 0 Å². The second kappa shape index (κ2) is 4.35. The summed E-state index contributed by atoms with van der Waals surface area (Å²) in [5.74, 6) is 0. The maximum atomic E-state index is 6.07. The largest absolute Gasteiger partial charge is 0.332 e. The van der Waals surface area contributed by atoms with Crippen LogP contribution in [0, 0.1) is 5.41 Å². The fourth-order valence-corrected chi connectivity index (χ4v) is 4.74. The van der Waals surface area contributed by atoms with Crippen LogP contribution in [0.3, 0.4) is 0 Å². The zero-order chi connectivity index (χ0) is 16.6. The molecule has 3 aliphatic rings. The molecule has 4 nitrogen and oxygen atoms in total. The van der Waals surface area contributed by atoms with Gasteiger partial charge in [0.1, 0.15) is 0 Å². The van der Waals surface area contributed by atoms with E-state index in [0.717, 1.165) is 12.1 Å². The maximum absolute atomic E-state index is 6.07. The Kier molecular flexibility index (Phi) is 2.86. The summed E-state index contributed by atoms with van der Waals surface area (Å²) in [6.07, 6.45) is 1.09. The fraction of sp³-hybridized carbons (Fsp3) is 0.684. The Morgan fingerprint density at radius 3 is 2.35 bits per heavy atom. The van der Waals surface area contributed by atoms with E-state index >= 15 is 0 Å². The highest BCUT2D eigenvalue weighted by Gasteiger charge is 2.84. The van der Waals surface area contributed by atoms with Crippen LogP contribution in [0.25, 0.3) is 0 Å². The Balaban J connectivity index is 1.80. The highest BCUT2D eigenvalue weighted by Crippen LogP contribution is 2.63. The van der Waals surface area contributed by atoms with Crippen molar-refractivity contribution in [3.63, 3.8) is 0 Å². The molecule has 1 aromatic carbocycles. The van der Waals surface area contributed by atoms with E-state index in [2.05, 4.69) is 80.7 Å². The molecule has 0 amide bonds. The Morgan fingerprint density at radius 2 is 1.78 bits per heavy atom. The highest BCUT2D eigenvalue weighted by atomic mass is 16.7. The Morgan fingerprint density at radius 1 is 1.13 bits per heavy atom. The zero-order valence-electron chi connectivity index (χ0n) is 15.1. The number of para-hydroxylation sites is 1. The summed E-state index contributed by atoms with van der Waals surface area (Å²) in [6.45, 7) is 14.0. The average Bonchev–Trinajstić information content (AvgIpc) is 2.88. The normalized spacial score (nSPS) is 36.3. The molecule has 0 radical (unpaired) electrons. The molecule has 0 N–H and O–H groups in total. The molecule has 1 saturated heterocycles. The Labute approximate surface area is 139 Å². The van der Waals surface area contributed by atoms with E-state index in [9.17, 15) is 0 Å². The molecule has 1 aliphatic carbocycles. The van der Waals surface area contributed by atoms with Crippen LogP contribution in [0.5, 0.6) is 0 Å². The maximum Gasteiger partial charge on any atom is 0.247 e. The van der Waals surface area contributed by atoms with E-state index in [4.69, 9.17) is 4.84 Å². The quantitative estimate of drug-likeness (QED) is 0.729. The Bertz CT molecular complexity index is 655. The molecule has 1 spiro atoms. The van der Waals surface area contributed by atoms with E-state index < -0.39 is 0 Å². The molecule has 124 valence electrons. The van der Waals surface area contributed by atoms with Crippen molar-refractivity contribution in [1.29, 1.82) is 0 Å². The van der Waals surface area contributed by atoms with Gasteiger partial charge in [-0.1, -0.05) is 39.0 Å². The first-order valence-electron chi connectivity index (χ1n) is 8.68. The molecule has 1 aromatic rings. The van der Waals surface area contributed by atoms with Crippen molar-refractivity contribution in [2.24, 2.45) is 10.7 Å².